The fraction of sp³-hybridized carbons (Fsp3) is 0.324. The number of hydrogen-bond acceptors (Lipinski definition) is 6. The van der Waals surface area contributed by atoms with Crippen molar-refractivity contribution in [2.75, 3.05) is 42.9 Å². The number of imidazole rings is 1. The maximum Gasteiger partial charge on any atom is 0.170 e. The number of para-hydroxylation sites is 1. The summed E-state index contributed by atoms with van der Waals surface area (Å²) in [5.74, 6) is 1.65. The van der Waals surface area contributed by atoms with Gasteiger partial charge < -0.3 is 10.2 Å². The van der Waals surface area contributed by atoms with Crippen LogP contribution in [0.5, 0.6) is 0 Å². The summed E-state index contributed by atoms with van der Waals surface area (Å²) < 4.78 is 2.12. The van der Waals surface area contributed by atoms with Gasteiger partial charge in [-0.3, -0.25) is 9.47 Å². The van der Waals surface area contributed by atoms with Crippen molar-refractivity contribution in [1.29, 1.82) is 0 Å². The third-order valence-electron chi connectivity index (χ3n) is 8.34. The summed E-state index contributed by atoms with van der Waals surface area (Å²) in [6, 6.07) is 27.8. The van der Waals surface area contributed by atoms with Crippen LogP contribution in [0.15, 0.2) is 85.2 Å². The number of piperazine rings is 1. The number of fused-ring (bicyclic) bond motifs is 1. The number of rotatable bonds is 9. The van der Waals surface area contributed by atoms with E-state index < -0.39 is 0 Å². The molecule has 42 heavy (non-hydrogen) atoms. The lowest BCUT2D eigenvalue weighted by Gasteiger charge is -2.41. The van der Waals surface area contributed by atoms with Crippen LogP contribution < -0.4 is 10.2 Å². The van der Waals surface area contributed by atoms with E-state index in [0.29, 0.717) is 6.04 Å². The van der Waals surface area contributed by atoms with Gasteiger partial charge in [-0.15, -0.1) is 12.4 Å². The van der Waals surface area contributed by atoms with Crippen LogP contribution >= 0.6 is 12.4 Å². The third kappa shape index (κ3) is 6.13. The first kappa shape index (κ1) is 29.5. The zero-order valence-electron chi connectivity index (χ0n) is 24.7. The molecule has 0 aliphatic carbocycles. The number of halogens is 1. The van der Waals surface area contributed by atoms with Crippen molar-refractivity contribution in [3.8, 4) is 17.1 Å². The van der Waals surface area contributed by atoms with E-state index >= 15 is 0 Å². The molecule has 5 aromatic rings. The van der Waals surface area contributed by atoms with Crippen molar-refractivity contribution in [1.82, 2.24) is 24.4 Å². The Labute approximate surface area is 255 Å². The van der Waals surface area contributed by atoms with Gasteiger partial charge in [0.2, 0.25) is 0 Å². The first-order valence-electron chi connectivity index (χ1n) is 14.7. The predicted octanol–water partition coefficient (Wildman–Crippen LogP) is 6.92. The molecule has 6 rings (SSSR count). The first-order chi connectivity index (χ1) is 20.1. The highest BCUT2D eigenvalue weighted by molar-refractivity contribution is 5.88. The number of nitrogens with zero attached hydrogens (tertiary/aromatic N) is 6. The van der Waals surface area contributed by atoms with Crippen LogP contribution in [0, 0.1) is 13.8 Å². The fourth-order valence-electron chi connectivity index (χ4n) is 5.90. The van der Waals surface area contributed by atoms with Crippen LogP contribution in [0.2, 0.25) is 0 Å². The second kappa shape index (κ2) is 13.4. The van der Waals surface area contributed by atoms with Gasteiger partial charge in [0.1, 0.15) is 12.2 Å². The van der Waals surface area contributed by atoms with E-state index in [1.54, 1.807) is 6.33 Å². The van der Waals surface area contributed by atoms with Crippen molar-refractivity contribution < 1.29 is 0 Å². The van der Waals surface area contributed by atoms with Gasteiger partial charge in [-0.2, -0.15) is 0 Å². The average molecular weight is 582 g/mol. The zero-order chi connectivity index (χ0) is 28.2. The number of benzene rings is 3. The Kier molecular flexibility index (Phi) is 9.40. The molecule has 218 valence electrons. The summed E-state index contributed by atoms with van der Waals surface area (Å²) in [6.45, 7) is 12.0. The number of unbranched alkanes of at least 4 members (excludes halogenated alkanes) is 1. The normalized spacial score (nSPS) is 15.5. The van der Waals surface area contributed by atoms with Gasteiger partial charge in [0.05, 0.1) is 0 Å². The number of hydrogen-bond donors (Lipinski definition) is 1. The largest absolute Gasteiger partial charge is 0.368 e. The van der Waals surface area contributed by atoms with Gasteiger partial charge in [0.15, 0.2) is 17.0 Å². The molecule has 2 aromatic heterocycles. The third-order valence-corrected chi connectivity index (χ3v) is 8.34. The summed E-state index contributed by atoms with van der Waals surface area (Å²) in [7, 11) is 0. The maximum atomic E-state index is 5.05. The molecule has 0 saturated carbocycles. The molecule has 1 unspecified atom stereocenters. The molecule has 1 aliphatic heterocycles. The fourth-order valence-corrected chi connectivity index (χ4v) is 5.90. The Morgan fingerprint density at radius 1 is 0.857 bits per heavy atom. The highest BCUT2D eigenvalue weighted by Crippen LogP contribution is 2.30. The molecule has 0 spiro atoms. The van der Waals surface area contributed by atoms with Gasteiger partial charge >= 0.3 is 0 Å². The molecule has 1 aliphatic rings. The summed E-state index contributed by atoms with van der Waals surface area (Å²) >= 11 is 0. The van der Waals surface area contributed by atoms with Crippen LogP contribution in [-0.4, -0.2) is 63.2 Å². The van der Waals surface area contributed by atoms with Gasteiger partial charge in [-0.05, 0) is 69.5 Å². The topological polar surface area (TPSA) is 62.1 Å². The second-order valence-corrected chi connectivity index (χ2v) is 11.1. The van der Waals surface area contributed by atoms with Gasteiger partial charge in [0.25, 0.3) is 0 Å². The minimum Gasteiger partial charge on any atom is -0.368 e. The lowest BCUT2D eigenvalue weighted by Crippen LogP contribution is -2.52. The lowest BCUT2D eigenvalue weighted by molar-refractivity contribution is 0.186. The van der Waals surface area contributed by atoms with E-state index in [-0.39, 0.29) is 12.4 Å². The molecule has 8 heteroatoms. The summed E-state index contributed by atoms with van der Waals surface area (Å²) in [5, 5.41) is 3.57. The van der Waals surface area contributed by atoms with E-state index in [2.05, 4.69) is 92.9 Å². The molecule has 1 saturated heterocycles. The molecule has 1 N–H and O–H groups in total. The maximum absolute atomic E-state index is 5.05. The van der Waals surface area contributed by atoms with Crippen LogP contribution in [0.1, 0.15) is 30.9 Å². The second-order valence-electron chi connectivity index (χ2n) is 11.1. The Hall–Kier alpha value is -3.94. The van der Waals surface area contributed by atoms with Crippen molar-refractivity contribution >= 4 is 35.1 Å². The monoisotopic (exact) mass is 581 g/mol. The van der Waals surface area contributed by atoms with Crippen LogP contribution in [0.4, 0.5) is 11.5 Å². The van der Waals surface area contributed by atoms with Gasteiger partial charge in [-0.1, -0.05) is 60.7 Å². The molecule has 0 bridgehead atoms. The van der Waals surface area contributed by atoms with E-state index in [1.165, 1.54) is 16.8 Å². The van der Waals surface area contributed by atoms with Crippen LogP contribution in [0.3, 0.4) is 0 Å². The highest BCUT2D eigenvalue weighted by Gasteiger charge is 2.24. The average Bonchev–Trinajstić information content (AvgIpc) is 3.40. The summed E-state index contributed by atoms with van der Waals surface area (Å²) in [5.41, 5.74) is 7.85. The molecule has 7 nitrogen and oxygen atoms in total. The number of aryl methyl sites for hydroxylation is 1. The smallest absolute Gasteiger partial charge is 0.170 e. The molecule has 1 fully saturated rings. The molecular formula is C34H40ClN7. The number of aromatic nitrogens is 4. The van der Waals surface area contributed by atoms with Crippen molar-refractivity contribution in [2.45, 2.75) is 39.7 Å². The molecular weight excluding hydrogens is 542 g/mol. The lowest BCUT2D eigenvalue weighted by atomic mass is 10.1. The Morgan fingerprint density at radius 2 is 1.62 bits per heavy atom. The van der Waals surface area contributed by atoms with Crippen molar-refractivity contribution in [3.05, 3.63) is 96.3 Å². The van der Waals surface area contributed by atoms with Gasteiger partial charge in [0, 0.05) is 49.2 Å². The van der Waals surface area contributed by atoms with Gasteiger partial charge in [-0.25, -0.2) is 15.0 Å². The first-order valence-corrected chi connectivity index (χ1v) is 14.7. The molecule has 0 amide bonds. The van der Waals surface area contributed by atoms with Crippen molar-refractivity contribution in [2.24, 2.45) is 0 Å². The van der Waals surface area contributed by atoms with Crippen LogP contribution in [-0.2, 0) is 0 Å². The summed E-state index contributed by atoms with van der Waals surface area (Å²) in [6.07, 6.45) is 3.85. The Bertz CT molecular complexity index is 1600. The van der Waals surface area contributed by atoms with E-state index in [9.17, 15) is 0 Å². The number of nitrogens with one attached hydrogen (secondary N) is 1. The Morgan fingerprint density at radius 3 is 2.38 bits per heavy atom. The highest BCUT2D eigenvalue weighted by atomic mass is 35.5. The minimum absolute atomic E-state index is 0. The zero-order valence-corrected chi connectivity index (χ0v) is 25.5. The molecule has 3 aromatic carbocycles. The molecule has 0 radical (unpaired) electrons. The summed E-state index contributed by atoms with van der Waals surface area (Å²) in [4.78, 5) is 19.5. The number of anilines is 2. The standard InChI is InChI=1S/C34H39N7.ClH/c1-25-13-12-18-30(27(25)3)40-22-21-39(26(2)23-40)20-11-10-19-35-32-31-34(37-24-36-32)41(29-16-8-5-9-17-29)33(38-31)28-14-6-4-7-15-28;/h4-9,12-18,24,26H,10-11,19-23H2,1-3H3,(H,35,36,37);1H. The predicted molar refractivity (Wildman–Crippen MR) is 176 cm³/mol. The Balaban J connectivity index is 0.00000353. The van der Waals surface area contributed by atoms with E-state index in [0.717, 1.165) is 79.6 Å². The van der Waals surface area contributed by atoms with E-state index in [4.69, 9.17) is 4.98 Å². The SMILES string of the molecule is Cc1cccc(N2CCN(CCCCNc3ncnc4c3nc(-c3ccccc3)n4-c3ccccc3)C(C)C2)c1C.Cl. The molecule has 3 heterocycles. The van der Waals surface area contributed by atoms with Crippen molar-refractivity contribution in [3.63, 3.8) is 0 Å². The van der Waals surface area contributed by atoms with E-state index in [1.807, 2.05) is 36.4 Å². The molecule has 1 atom stereocenters. The van der Waals surface area contributed by atoms with Crippen LogP contribution in [0.25, 0.3) is 28.2 Å². The minimum atomic E-state index is 0. The quantitative estimate of drug-likeness (QED) is 0.191.